The molecule has 0 fully saturated rings. The van der Waals surface area contributed by atoms with E-state index in [1.165, 1.54) is 30.6 Å². The van der Waals surface area contributed by atoms with Crippen LogP contribution in [0.5, 0.6) is 0 Å². The summed E-state index contributed by atoms with van der Waals surface area (Å²) in [5.41, 5.74) is 0.840. The fraction of sp³-hybridized carbons (Fsp3) is 0.0714. The van der Waals surface area contributed by atoms with Crippen LogP contribution >= 0.6 is 0 Å². The molecule has 2 amide bonds. The normalized spacial score (nSPS) is 9.95. The van der Waals surface area contributed by atoms with Crippen LogP contribution in [0.15, 0.2) is 42.7 Å². The number of anilines is 1. The molecule has 0 spiro atoms. The van der Waals surface area contributed by atoms with Crippen molar-refractivity contribution in [2.75, 3.05) is 5.32 Å². The number of carbonyl (C=O) groups is 2. The first kappa shape index (κ1) is 14.4. The van der Waals surface area contributed by atoms with Gasteiger partial charge in [-0.05, 0) is 23.8 Å². The molecule has 0 aliphatic rings. The van der Waals surface area contributed by atoms with E-state index in [0.717, 1.165) is 0 Å². The molecule has 3 N–H and O–H groups in total. The van der Waals surface area contributed by atoms with Crippen LogP contribution in [0.25, 0.3) is 0 Å². The number of amides is 2. The molecule has 1 heterocycles. The van der Waals surface area contributed by atoms with E-state index in [1.807, 2.05) is 0 Å². The SMILES string of the molecule is O=C(NCc1cccc(F)c1)Nc1cncc(C(=O)O)c1. The highest BCUT2D eigenvalue weighted by Crippen LogP contribution is 2.08. The lowest BCUT2D eigenvalue weighted by Crippen LogP contribution is -2.28. The zero-order valence-electron chi connectivity index (χ0n) is 10.8. The lowest BCUT2D eigenvalue weighted by molar-refractivity contribution is 0.0696. The van der Waals surface area contributed by atoms with Gasteiger partial charge in [0.15, 0.2) is 0 Å². The molecule has 2 aromatic rings. The predicted octanol–water partition coefficient (Wildman–Crippen LogP) is 2.24. The zero-order valence-corrected chi connectivity index (χ0v) is 10.8. The van der Waals surface area contributed by atoms with Gasteiger partial charge in [-0.1, -0.05) is 12.1 Å². The smallest absolute Gasteiger partial charge is 0.337 e. The lowest BCUT2D eigenvalue weighted by atomic mass is 10.2. The van der Waals surface area contributed by atoms with Gasteiger partial charge in [-0.15, -0.1) is 0 Å². The molecule has 6 nitrogen and oxygen atoms in total. The highest BCUT2D eigenvalue weighted by atomic mass is 19.1. The Morgan fingerprint density at radius 1 is 1.24 bits per heavy atom. The summed E-state index contributed by atoms with van der Waals surface area (Å²) in [6, 6.07) is 6.60. The summed E-state index contributed by atoms with van der Waals surface area (Å²) in [7, 11) is 0. The van der Waals surface area contributed by atoms with Gasteiger partial charge >= 0.3 is 12.0 Å². The van der Waals surface area contributed by atoms with Crippen LogP contribution < -0.4 is 10.6 Å². The van der Waals surface area contributed by atoms with Crippen molar-refractivity contribution in [2.24, 2.45) is 0 Å². The molecular formula is C14H12FN3O3. The largest absolute Gasteiger partial charge is 0.478 e. The highest BCUT2D eigenvalue weighted by molar-refractivity contribution is 5.92. The Kier molecular flexibility index (Phi) is 4.45. The average molecular weight is 289 g/mol. The van der Waals surface area contributed by atoms with Crippen LogP contribution in [-0.2, 0) is 6.54 Å². The molecule has 0 saturated carbocycles. The summed E-state index contributed by atoms with van der Waals surface area (Å²) in [6.45, 7) is 0.148. The van der Waals surface area contributed by atoms with Crippen molar-refractivity contribution in [3.05, 3.63) is 59.7 Å². The lowest BCUT2D eigenvalue weighted by Gasteiger charge is -2.08. The van der Waals surface area contributed by atoms with Gasteiger partial charge in [0.2, 0.25) is 0 Å². The van der Waals surface area contributed by atoms with Gasteiger partial charge in [0.1, 0.15) is 5.82 Å². The van der Waals surface area contributed by atoms with Gasteiger partial charge in [-0.3, -0.25) is 4.98 Å². The molecule has 0 bridgehead atoms. The van der Waals surface area contributed by atoms with Gasteiger partial charge in [0.25, 0.3) is 0 Å². The number of urea groups is 1. The molecule has 0 aliphatic carbocycles. The van der Waals surface area contributed by atoms with Crippen LogP contribution in [0.3, 0.4) is 0 Å². The van der Waals surface area contributed by atoms with Crippen molar-refractivity contribution in [1.82, 2.24) is 10.3 Å². The maximum absolute atomic E-state index is 13.0. The topological polar surface area (TPSA) is 91.3 Å². The Hall–Kier alpha value is -2.96. The number of nitrogens with one attached hydrogen (secondary N) is 2. The molecule has 0 radical (unpaired) electrons. The second-order valence-electron chi connectivity index (χ2n) is 4.21. The van der Waals surface area contributed by atoms with Crippen LogP contribution in [0.4, 0.5) is 14.9 Å². The minimum atomic E-state index is -1.13. The maximum Gasteiger partial charge on any atom is 0.337 e. The second kappa shape index (κ2) is 6.47. The van der Waals surface area contributed by atoms with Crippen molar-refractivity contribution in [3.63, 3.8) is 0 Å². The number of pyridine rings is 1. The van der Waals surface area contributed by atoms with Crippen LogP contribution in [0.1, 0.15) is 15.9 Å². The Morgan fingerprint density at radius 3 is 2.76 bits per heavy atom. The minimum Gasteiger partial charge on any atom is -0.478 e. The summed E-state index contributed by atoms with van der Waals surface area (Å²) < 4.78 is 13.0. The number of carboxylic acid groups (broad SMARTS) is 1. The van der Waals surface area contributed by atoms with E-state index in [0.29, 0.717) is 5.56 Å². The molecule has 0 saturated heterocycles. The maximum atomic E-state index is 13.0. The zero-order chi connectivity index (χ0) is 15.2. The number of rotatable bonds is 4. The Bertz CT molecular complexity index is 676. The van der Waals surface area contributed by atoms with Crippen LogP contribution in [0.2, 0.25) is 0 Å². The number of carboxylic acids is 1. The van der Waals surface area contributed by atoms with Gasteiger partial charge in [0.05, 0.1) is 17.4 Å². The van der Waals surface area contributed by atoms with Crippen LogP contribution in [-0.4, -0.2) is 22.1 Å². The number of nitrogens with zero attached hydrogens (tertiary/aromatic N) is 1. The number of halogens is 1. The molecule has 1 aromatic heterocycles. The summed E-state index contributed by atoms with van der Waals surface area (Å²) in [5, 5.41) is 13.8. The van der Waals surface area contributed by atoms with E-state index in [-0.39, 0.29) is 23.6 Å². The summed E-state index contributed by atoms with van der Waals surface area (Å²) in [6.07, 6.45) is 2.51. The van der Waals surface area contributed by atoms with E-state index >= 15 is 0 Å². The molecule has 1 aromatic carbocycles. The number of hydrogen-bond donors (Lipinski definition) is 3. The van der Waals surface area contributed by atoms with Crippen molar-refractivity contribution in [3.8, 4) is 0 Å². The van der Waals surface area contributed by atoms with E-state index in [9.17, 15) is 14.0 Å². The van der Waals surface area contributed by atoms with Crippen molar-refractivity contribution in [2.45, 2.75) is 6.54 Å². The standard InChI is InChI=1S/C14H12FN3O3/c15-11-3-1-2-9(4-11)6-17-14(21)18-12-5-10(13(19)20)7-16-8-12/h1-5,7-8H,6H2,(H,19,20)(H2,17,18,21). The minimum absolute atomic E-state index is 0.0297. The fourth-order valence-corrected chi connectivity index (χ4v) is 1.63. The molecular weight excluding hydrogens is 277 g/mol. The Morgan fingerprint density at radius 2 is 2.05 bits per heavy atom. The van der Waals surface area contributed by atoms with Gasteiger partial charge in [0, 0.05) is 12.7 Å². The molecule has 7 heteroatoms. The fourth-order valence-electron chi connectivity index (χ4n) is 1.63. The average Bonchev–Trinajstić information content (AvgIpc) is 2.45. The van der Waals surface area contributed by atoms with Crippen molar-refractivity contribution >= 4 is 17.7 Å². The third-order valence-electron chi connectivity index (χ3n) is 2.59. The monoisotopic (exact) mass is 289 g/mol. The Balaban J connectivity index is 1.93. The molecule has 0 aliphatic heterocycles. The van der Waals surface area contributed by atoms with Crippen molar-refractivity contribution in [1.29, 1.82) is 0 Å². The van der Waals surface area contributed by atoms with E-state index in [4.69, 9.17) is 5.11 Å². The van der Waals surface area contributed by atoms with Gasteiger partial charge in [-0.2, -0.15) is 0 Å². The number of aromatic carboxylic acids is 1. The number of hydrogen-bond acceptors (Lipinski definition) is 3. The Labute approximate surface area is 119 Å². The van der Waals surface area contributed by atoms with E-state index in [2.05, 4.69) is 15.6 Å². The first-order valence-corrected chi connectivity index (χ1v) is 6.02. The number of carbonyl (C=O) groups excluding carboxylic acids is 1. The second-order valence-corrected chi connectivity index (χ2v) is 4.21. The summed E-state index contributed by atoms with van der Waals surface area (Å²) >= 11 is 0. The third kappa shape index (κ3) is 4.27. The third-order valence-corrected chi connectivity index (χ3v) is 2.59. The van der Waals surface area contributed by atoms with Gasteiger partial charge < -0.3 is 15.7 Å². The van der Waals surface area contributed by atoms with Gasteiger partial charge in [-0.25, -0.2) is 14.0 Å². The first-order chi connectivity index (χ1) is 10.0. The number of aromatic nitrogens is 1. The first-order valence-electron chi connectivity index (χ1n) is 6.02. The van der Waals surface area contributed by atoms with Crippen LogP contribution in [0, 0.1) is 5.82 Å². The molecule has 0 unspecified atom stereocenters. The molecule has 0 atom stereocenters. The summed E-state index contributed by atoms with van der Waals surface area (Å²) in [5.74, 6) is -1.51. The number of benzene rings is 1. The van der Waals surface area contributed by atoms with E-state index < -0.39 is 12.0 Å². The highest BCUT2D eigenvalue weighted by Gasteiger charge is 2.07. The van der Waals surface area contributed by atoms with Crippen molar-refractivity contribution < 1.29 is 19.1 Å². The predicted molar refractivity (Wildman–Crippen MR) is 73.5 cm³/mol. The molecule has 2 rings (SSSR count). The summed E-state index contributed by atoms with van der Waals surface area (Å²) in [4.78, 5) is 26.2. The molecule has 108 valence electrons. The molecule has 21 heavy (non-hydrogen) atoms. The quantitative estimate of drug-likeness (QED) is 0.805. The van der Waals surface area contributed by atoms with E-state index in [1.54, 1.807) is 12.1 Å².